The van der Waals surface area contributed by atoms with Gasteiger partial charge in [0.25, 0.3) is 0 Å². The highest BCUT2D eigenvalue weighted by molar-refractivity contribution is 5.49. The van der Waals surface area contributed by atoms with Crippen LogP contribution < -0.4 is 15.0 Å². The van der Waals surface area contributed by atoms with Gasteiger partial charge in [-0.1, -0.05) is 6.07 Å². The maximum absolute atomic E-state index is 13.9. The van der Waals surface area contributed by atoms with E-state index in [1.54, 1.807) is 18.3 Å². The Morgan fingerprint density at radius 2 is 2.04 bits per heavy atom. The summed E-state index contributed by atoms with van der Waals surface area (Å²) in [5, 5.41) is 12.1. The van der Waals surface area contributed by atoms with Crippen LogP contribution >= 0.6 is 0 Å². The summed E-state index contributed by atoms with van der Waals surface area (Å²) in [6, 6.07) is 8.27. The lowest BCUT2D eigenvalue weighted by Gasteiger charge is -2.19. The Morgan fingerprint density at radius 3 is 2.76 bits per heavy atom. The molecule has 1 N–H and O–H groups in total. The Morgan fingerprint density at radius 1 is 1.24 bits per heavy atom. The summed E-state index contributed by atoms with van der Waals surface area (Å²) in [5.41, 5.74) is 3.51. The highest BCUT2D eigenvalue weighted by atomic mass is 19.1. The molecule has 2 aliphatic rings. The number of anilines is 1. The quantitative estimate of drug-likeness (QED) is 0.858. The molecule has 0 spiro atoms. The zero-order valence-corrected chi connectivity index (χ0v) is 13.5. The van der Waals surface area contributed by atoms with Crippen molar-refractivity contribution in [3.63, 3.8) is 0 Å². The van der Waals surface area contributed by atoms with E-state index in [-0.39, 0.29) is 18.2 Å². The van der Waals surface area contributed by atoms with E-state index in [2.05, 4.69) is 20.2 Å². The van der Waals surface area contributed by atoms with E-state index in [0.717, 1.165) is 32.0 Å². The van der Waals surface area contributed by atoms with Crippen molar-refractivity contribution in [1.29, 1.82) is 5.26 Å². The second kappa shape index (κ2) is 6.49. The largest absolute Gasteiger partial charge is 0.458 e. The number of hydrogen-bond acceptors (Lipinski definition) is 6. The number of rotatable bonds is 4. The second-order valence-corrected chi connectivity index (χ2v) is 6.07. The molecule has 0 aliphatic carbocycles. The van der Waals surface area contributed by atoms with Gasteiger partial charge < -0.3 is 15.0 Å². The van der Waals surface area contributed by atoms with Crippen molar-refractivity contribution in [1.82, 2.24) is 15.3 Å². The molecule has 0 saturated heterocycles. The van der Waals surface area contributed by atoms with Gasteiger partial charge >= 0.3 is 6.01 Å². The highest BCUT2D eigenvalue weighted by Crippen LogP contribution is 2.25. The van der Waals surface area contributed by atoms with Crippen LogP contribution in [-0.2, 0) is 6.61 Å². The molecule has 126 valence electrons. The zero-order chi connectivity index (χ0) is 17.2. The van der Waals surface area contributed by atoms with Crippen molar-refractivity contribution in [3.8, 4) is 12.1 Å². The minimum Gasteiger partial charge on any atom is -0.458 e. The number of nitrogens with one attached hydrogen (secondary N) is 1. The van der Waals surface area contributed by atoms with Crippen LogP contribution in [0.25, 0.3) is 0 Å². The molecule has 4 rings (SSSR count). The van der Waals surface area contributed by atoms with Crippen molar-refractivity contribution in [2.24, 2.45) is 0 Å². The van der Waals surface area contributed by atoms with Gasteiger partial charge in [0, 0.05) is 37.9 Å². The highest BCUT2D eigenvalue weighted by Gasteiger charge is 2.26. The molecule has 1 aromatic heterocycles. The Balaban J connectivity index is 1.43. The topological polar surface area (TPSA) is 74.1 Å². The van der Waals surface area contributed by atoms with Crippen LogP contribution in [0.1, 0.15) is 11.1 Å². The molecule has 6 nitrogen and oxygen atoms in total. The van der Waals surface area contributed by atoms with Crippen LogP contribution in [0.2, 0.25) is 0 Å². The normalized spacial score (nSPS) is 16.1. The summed E-state index contributed by atoms with van der Waals surface area (Å²) in [7, 11) is 0. The first-order valence-corrected chi connectivity index (χ1v) is 8.03. The number of nitrogens with zero attached hydrogens (tertiary/aromatic N) is 4. The first-order chi connectivity index (χ1) is 12.2. The third kappa shape index (κ3) is 3.16. The van der Waals surface area contributed by atoms with Gasteiger partial charge in [0.2, 0.25) is 0 Å². The SMILES string of the molecule is N#Cc1ccc(COc2nccc(N3CC4=C(CNC4)C3)n2)c(F)c1. The van der Waals surface area contributed by atoms with Crippen molar-refractivity contribution >= 4 is 5.82 Å². The molecule has 0 atom stereocenters. The van der Waals surface area contributed by atoms with Gasteiger partial charge in [-0.25, -0.2) is 9.37 Å². The summed E-state index contributed by atoms with van der Waals surface area (Å²) >= 11 is 0. The molecule has 0 fully saturated rings. The molecule has 0 bridgehead atoms. The third-order valence-electron chi connectivity index (χ3n) is 4.42. The van der Waals surface area contributed by atoms with E-state index < -0.39 is 5.82 Å². The van der Waals surface area contributed by atoms with Crippen LogP contribution in [0.15, 0.2) is 41.6 Å². The molecule has 7 heteroatoms. The number of benzene rings is 1. The van der Waals surface area contributed by atoms with Gasteiger partial charge in [-0.15, -0.1) is 0 Å². The Hall–Kier alpha value is -2.98. The van der Waals surface area contributed by atoms with Crippen molar-refractivity contribution in [2.75, 3.05) is 31.1 Å². The maximum Gasteiger partial charge on any atom is 0.318 e. The minimum atomic E-state index is -0.470. The number of hydrogen-bond donors (Lipinski definition) is 1. The lowest BCUT2D eigenvalue weighted by Crippen LogP contribution is -2.27. The van der Waals surface area contributed by atoms with Gasteiger partial charge in [0.1, 0.15) is 18.2 Å². The van der Waals surface area contributed by atoms with Gasteiger partial charge in [0.05, 0.1) is 11.6 Å². The van der Waals surface area contributed by atoms with E-state index in [9.17, 15) is 4.39 Å². The van der Waals surface area contributed by atoms with Gasteiger partial charge in [-0.2, -0.15) is 10.2 Å². The summed E-state index contributed by atoms with van der Waals surface area (Å²) in [4.78, 5) is 10.7. The summed E-state index contributed by atoms with van der Waals surface area (Å²) < 4.78 is 19.4. The summed E-state index contributed by atoms with van der Waals surface area (Å²) in [6.07, 6.45) is 1.65. The molecule has 1 aromatic carbocycles. The predicted molar refractivity (Wildman–Crippen MR) is 89.6 cm³/mol. The van der Waals surface area contributed by atoms with Crippen molar-refractivity contribution in [2.45, 2.75) is 6.61 Å². The van der Waals surface area contributed by atoms with Crippen LogP contribution in [-0.4, -0.2) is 36.1 Å². The lowest BCUT2D eigenvalue weighted by atomic mass is 10.1. The molecule has 3 heterocycles. The van der Waals surface area contributed by atoms with Gasteiger partial charge in [0.15, 0.2) is 0 Å². The Labute approximate surface area is 144 Å². The number of halogens is 1. The number of ether oxygens (including phenoxy) is 1. The Kier molecular flexibility index (Phi) is 4.04. The van der Waals surface area contributed by atoms with E-state index in [1.807, 2.05) is 12.1 Å². The predicted octanol–water partition coefficient (Wildman–Crippen LogP) is 1.79. The van der Waals surface area contributed by atoms with E-state index >= 15 is 0 Å². The summed E-state index contributed by atoms with van der Waals surface area (Å²) in [6.45, 7) is 3.63. The fourth-order valence-electron chi connectivity index (χ4n) is 3.08. The minimum absolute atomic E-state index is 0.0136. The third-order valence-corrected chi connectivity index (χ3v) is 4.42. The first kappa shape index (κ1) is 15.5. The zero-order valence-electron chi connectivity index (χ0n) is 13.5. The maximum atomic E-state index is 13.9. The molecular formula is C18H16FN5O. The van der Waals surface area contributed by atoms with E-state index in [4.69, 9.17) is 10.00 Å². The lowest BCUT2D eigenvalue weighted by molar-refractivity contribution is 0.275. The fourth-order valence-corrected chi connectivity index (χ4v) is 3.08. The van der Waals surface area contributed by atoms with E-state index in [1.165, 1.54) is 17.2 Å². The number of nitriles is 1. The monoisotopic (exact) mass is 337 g/mol. The average molecular weight is 337 g/mol. The molecule has 0 amide bonds. The van der Waals surface area contributed by atoms with E-state index in [0.29, 0.717) is 5.56 Å². The molecule has 2 aliphatic heterocycles. The standard InChI is InChI=1S/C18H16FN5O/c19-16-5-12(6-20)1-2-13(16)11-25-18-22-4-3-17(23-18)24-9-14-7-21-8-15(14)10-24/h1-5,21H,7-11H2. The van der Waals surface area contributed by atoms with Gasteiger partial charge in [-0.05, 0) is 29.3 Å². The molecule has 0 unspecified atom stereocenters. The Bertz CT molecular complexity index is 873. The molecule has 2 aromatic rings. The smallest absolute Gasteiger partial charge is 0.318 e. The molecule has 0 saturated carbocycles. The van der Waals surface area contributed by atoms with Crippen molar-refractivity contribution < 1.29 is 9.13 Å². The van der Waals surface area contributed by atoms with Crippen LogP contribution in [0.3, 0.4) is 0 Å². The average Bonchev–Trinajstić information content (AvgIpc) is 3.23. The fraction of sp³-hybridized carbons (Fsp3) is 0.278. The van der Waals surface area contributed by atoms with Gasteiger partial charge in [-0.3, -0.25) is 0 Å². The summed E-state index contributed by atoms with van der Waals surface area (Å²) in [5.74, 6) is 0.336. The first-order valence-electron chi connectivity index (χ1n) is 8.03. The van der Waals surface area contributed by atoms with Crippen molar-refractivity contribution in [3.05, 3.63) is 58.6 Å². The van der Waals surface area contributed by atoms with Crippen LogP contribution in [0.5, 0.6) is 6.01 Å². The molecule has 0 radical (unpaired) electrons. The second-order valence-electron chi connectivity index (χ2n) is 6.07. The molecular weight excluding hydrogens is 321 g/mol. The van der Waals surface area contributed by atoms with Crippen LogP contribution in [0, 0.1) is 17.1 Å². The van der Waals surface area contributed by atoms with Crippen LogP contribution in [0.4, 0.5) is 10.2 Å². The number of aromatic nitrogens is 2. The molecule has 25 heavy (non-hydrogen) atoms.